The quantitative estimate of drug-likeness (QED) is 0.0701. The summed E-state index contributed by atoms with van der Waals surface area (Å²) in [6.07, 6.45) is 48.6. The van der Waals surface area contributed by atoms with E-state index in [1.807, 2.05) is 0 Å². The van der Waals surface area contributed by atoms with E-state index in [2.05, 4.69) is 27.7 Å². The van der Waals surface area contributed by atoms with E-state index in [1.54, 1.807) is 0 Å². The summed E-state index contributed by atoms with van der Waals surface area (Å²) in [4.78, 5) is 0. The minimum Gasteiger partial charge on any atom is -0.0654 e. The average molecular weight is 549 g/mol. The molecule has 0 nitrogen and oxygen atoms in total. The van der Waals surface area contributed by atoms with Gasteiger partial charge in [-0.15, -0.1) is 0 Å². The van der Waals surface area contributed by atoms with Crippen LogP contribution in [0.4, 0.5) is 0 Å². The van der Waals surface area contributed by atoms with Crippen molar-refractivity contribution in [1.82, 2.24) is 0 Å². The van der Waals surface area contributed by atoms with Crippen LogP contribution in [0.1, 0.15) is 240 Å². The van der Waals surface area contributed by atoms with Gasteiger partial charge in [-0.2, -0.15) is 0 Å². The topological polar surface area (TPSA) is 0 Å². The van der Waals surface area contributed by atoms with Gasteiger partial charge >= 0.3 is 0 Å². The number of hydrogen-bond acceptors (Lipinski definition) is 0. The molecule has 0 aliphatic heterocycles. The molecule has 236 valence electrons. The largest absolute Gasteiger partial charge is 0.0654 e. The Labute approximate surface area is 251 Å². The Balaban J connectivity index is 3.17. The highest BCUT2D eigenvalue weighted by Gasteiger charge is 2.05. The molecule has 0 aromatic carbocycles. The van der Waals surface area contributed by atoms with Crippen molar-refractivity contribution >= 4 is 0 Å². The first-order valence-corrected chi connectivity index (χ1v) is 19.2. The Bertz CT molecular complexity index is 412. The van der Waals surface area contributed by atoms with Gasteiger partial charge in [0.2, 0.25) is 0 Å². The molecule has 0 fully saturated rings. The molecule has 0 amide bonds. The Hall–Kier alpha value is 0. The van der Waals surface area contributed by atoms with Crippen molar-refractivity contribution in [1.29, 1.82) is 0 Å². The fraction of sp³-hybridized carbons (Fsp3) is 1.00. The maximum absolute atomic E-state index is 2.51. The van der Waals surface area contributed by atoms with Gasteiger partial charge in [-0.05, 0) is 11.8 Å². The fourth-order valence-electron chi connectivity index (χ4n) is 6.47. The third kappa shape index (κ3) is 34.1. The minimum absolute atomic E-state index is 0.960. The zero-order valence-electron chi connectivity index (χ0n) is 28.5. The van der Waals surface area contributed by atoms with Crippen molar-refractivity contribution in [2.45, 2.75) is 240 Å². The molecule has 0 bridgehead atoms. The van der Waals surface area contributed by atoms with Crippen LogP contribution in [-0.4, -0.2) is 0 Å². The molecule has 0 rings (SSSR count). The predicted octanol–water partition coefficient (Wildman–Crippen LogP) is 15.2. The summed E-state index contributed by atoms with van der Waals surface area (Å²) in [5.74, 6) is 1.92. The summed E-state index contributed by atoms with van der Waals surface area (Å²) < 4.78 is 0. The molecule has 2 unspecified atom stereocenters. The maximum Gasteiger partial charge on any atom is -0.0443 e. The third-order valence-electron chi connectivity index (χ3n) is 9.49. The van der Waals surface area contributed by atoms with Gasteiger partial charge in [0.15, 0.2) is 0 Å². The lowest BCUT2D eigenvalue weighted by Gasteiger charge is -2.13. The highest BCUT2D eigenvalue weighted by Crippen LogP contribution is 2.21. The molecule has 0 saturated heterocycles. The van der Waals surface area contributed by atoms with Crippen LogP contribution in [0, 0.1) is 11.8 Å². The molecule has 0 heterocycles. The Morgan fingerprint density at radius 2 is 0.385 bits per heavy atom. The second-order valence-electron chi connectivity index (χ2n) is 13.9. The molecule has 2 atom stereocenters. The first-order valence-electron chi connectivity index (χ1n) is 19.2. The summed E-state index contributed by atoms with van der Waals surface area (Å²) in [5.41, 5.74) is 0. The Morgan fingerprint density at radius 1 is 0.231 bits per heavy atom. The van der Waals surface area contributed by atoms with E-state index in [0.29, 0.717) is 0 Å². The number of unbranched alkanes of at least 4 members (excludes halogenated alkanes) is 26. The second-order valence-corrected chi connectivity index (χ2v) is 13.9. The van der Waals surface area contributed by atoms with Crippen molar-refractivity contribution in [2.75, 3.05) is 0 Å². The second kappa shape index (κ2) is 34.2. The van der Waals surface area contributed by atoms with Crippen LogP contribution in [0.5, 0.6) is 0 Å². The molecule has 0 aliphatic carbocycles. The van der Waals surface area contributed by atoms with E-state index >= 15 is 0 Å². The highest BCUT2D eigenvalue weighted by molar-refractivity contribution is 4.58. The maximum atomic E-state index is 2.51. The molecule has 39 heavy (non-hydrogen) atoms. The van der Waals surface area contributed by atoms with Crippen LogP contribution in [0.2, 0.25) is 0 Å². The summed E-state index contributed by atoms with van der Waals surface area (Å²) in [6, 6.07) is 0. The van der Waals surface area contributed by atoms with Gasteiger partial charge in [0.25, 0.3) is 0 Å². The molecule has 0 heteroatoms. The van der Waals surface area contributed by atoms with Gasteiger partial charge < -0.3 is 0 Å². The lowest BCUT2D eigenvalue weighted by Crippen LogP contribution is -1.97. The standard InChI is InChI=1S/C39H80/c1-5-7-9-11-12-13-14-15-16-17-18-19-20-21-22-23-24-25-26-27-28-31-35-39(4)37-33-29-32-36-38(3)34-30-10-8-6-2/h38-39H,5-37H2,1-4H3. The lowest BCUT2D eigenvalue weighted by molar-refractivity contribution is 0.408. The van der Waals surface area contributed by atoms with Crippen molar-refractivity contribution in [2.24, 2.45) is 11.8 Å². The molecule has 0 aromatic heterocycles. The molecule has 0 radical (unpaired) electrons. The minimum atomic E-state index is 0.960. The van der Waals surface area contributed by atoms with Crippen molar-refractivity contribution in [3.05, 3.63) is 0 Å². The van der Waals surface area contributed by atoms with E-state index < -0.39 is 0 Å². The van der Waals surface area contributed by atoms with Crippen LogP contribution < -0.4 is 0 Å². The van der Waals surface area contributed by atoms with Gasteiger partial charge in [-0.3, -0.25) is 0 Å². The van der Waals surface area contributed by atoms with Crippen molar-refractivity contribution in [3.63, 3.8) is 0 Å². The molecule has 0 aromatic rings. The fourth-order valence-corrected chi connectivity index (χ4v) is 6.47. The normalized spacial score (nSPS) is 13.2. The molecule has 0 saturated carbocycles. The Kier molecular flexibility index (Phi) is 34.2. The van der Waals surface area contributed by atoms with E-state index in [0.717, 1.165) is 11.8 Å². The molecule has 0 spiro atoms. The van der Waals surface area contributed by atoms with Crippen LogP contribution in [-0.2, 0) is 0 Å². The van der Waals surface area contributed by atoms with Gasteiger partial charge in [-0.25, -0.2) is 0 Å². The smallest absolute Gasteiger partial charge is 0.0443 e. The number of hydrogen-bond donors (Lipinski definition) is 0. The summed E-state index contributed by atoms with van der Waals surface area (Å²) in [5, 5.41) is 0. The van der Waals surface area contributed by atoms with Crippen LogP contribution >= 0.6 is 0 Å². The summed E-state index contributed by atoms with van der Waals surface area (Å²) in [7, 11) is 0. The first kappa shape index (κ1) is 39.0. The summed E-state index contributed by atoms with van der Waals surface area (Å²) in [6.45, 7) is 9.61. The molecular weight excluding hydrogens is 468 g/mol. The van der Waals surface area contributed by atoms with E-state index in [1.165, 1.54) is 212 Å². The van der Waals surface area contributed by atoms with Gasteiger partial charge in [0, 0.05) is 0 Å². The first-order chi connectivity index (χ1) is 19.2. The van der Waals surface area contributed by atoms with Gasteiger partial charge in [0.1, 0.15) is 0 Å². The predicted molar refractivity (Wildman–Crippen MR) is 182 cm³/mol. The Morgan fingerprint density at radius 3 is 0.615 bits per heavy atom. The monoisotopic (exact) mass is 549 g/mol. The molecule has 0 aliphatic rings. The number of rotatable bonds is 34. The van der Waals surface area contributed by atoms with Crippen molar-refractivity contribution < 1.29 is 0 Å². The van der Waals surface area contributed by atoms with Crippen molar-refractivity contribution in [3.8, 4) is 0 Å². The van der Waals surface area contributed by atoms with Crippen LogP contribution in [0.15, 0.2) is 0 Å². The zero-order chi connectivity index (χ0) is 28.5. The van der Waals surface area contributed by atoms with E-state index in [4.69, 9.17) is 0 Å². The third-order valence-corrected chi connectivity index (χ3v) is 9.49. The van der Waals surface area contributed by atoms with Gasteiger partial charge in [-0.1, -0.05) is 240 Å². The zero-order valence-corrected chi connectivity index (χ0v) is 28.5. The highest BCUT2D eigenvalue weighted by atomic mass is 14.1. The molecule has 0 N–H and O–H groups in total. The van der Waals surface area contributed by atoms with Gasteiger partial charge in [0.05, 0.1) is 0 Å². The lowest BCUT2D eigenvalue weighted by atomic mass is 9.93. The average Bonchev–Trinajstić information content (AvgIpc) is 2.93. The van der Waals surface area contributed by atoms with E-state index in [9.17, 15) is 0 Å². The summed E-state index contributed by atoms with van der Waals surface area (Å²) >= 11 is 0. The van der Waals surface area contributed by atoms with E-state index in [-0.39, 0.29) is 0 Å². The van der Waals surface area contributed by atoms with Crippen LogP contribution in [0.25, 0.3) is 0 Å². The SMILES string of the molecule is CCCCCCCCCCCCCCCCCCCCCCCCC(C)CCCCCC(C)CCCCCC. The van der Waals surface area contributed by atoms with Crippen LogP contribution in [0.3, 0.4) is 0 Å². The molecular formula is C39H80.